The number of rotatable bonds is 4. The van der Waals surface area contributed by atoms with Gasteiger partial charge >= 0.3 is 0 Å². The molecule has 1 saturated heterocycles. The highest BCUT2D eigenvalue weighted by atomic mass is 16.5. The number of aromatic nitrogens is 5. The van der Waals surface area contributed by atoms with Gasteiger partial charge in [-0.3, -0.25) is 9.78 Å². The third-order valence-electron chi connectivity index (χ3n) is 5.32. The van der Waals surface area contributed by atoms with Crippen molar-refractivity contribution in [2.24, 2.45) is 0 Å². The Kier molecular flexibility index (Phi) is 5.39. The van der Waals surface area contributed by atoms with Crippen LogP contribution in [-0.4, -0.2) is 54.5 Å². The van der Waals surface area contributed by atoms with Crippen LogP contribution in [-0.2, 0) is 0 Å². The number of hydrogen-bond donors (Lipinski definition) is 0. The fourth-order valence-electron chi connectivity index (χ4n) is 3.59. The lowest BCUT2D eigenvalue weighted by Gasteiger charge is -2.38. The first kappa shape index (κ1) is 19.5. The molecule has 1 aliphatic rings. The molecule has 0 saturated carbocycles. The van der Waals surface area contributed by atoms with Crippen LogP contribution in [0.1, 0.15) is 41.3 Å². The van der Waals surface area contributed by atoms with Crippen LogP contribution < -0.4 is 4.74 Å². The third kappa shape index (κ3) is 3.72. The second-order valence-electron chi connectivity index (χ2n) is 7.24. The molecule has 2 atom stereocenters. The van der Waals surface area contributed by atoms with Crippen molar-refractivity contribution in [2.45, 2.75) is 38.8 Å². The van der Waals surface area contributed by atoms with E-state index in [4.69, 9.17) is 4.74 Å². The van der Waals surface area contributed by atoms with E-state index in [1.54, 1.807) is 48.0 Å². The summed E-state index contributed by atoms with van der Waals surface area (Å²) in [6.45, 7) is 4.25. The molecule has 0 aromatic carbocycles. The minimum atomic E-state index is -0.215. The summed E-state index contributed by atoms with van der Waals surface area (Å²) in [4.78, 5) is 25.0. The molecule has 0 bridgehead atoms. The van der Waals surface area contributed by atoms with E-state index < -0.39 is 0 Å². The van der Waals surface area contributed by atoms with Gasteiger partial charge in [0, 0.05) is 30.2 Å². The van der Waals surface area contributed by atoms with Gasteiger partial charge in [0.2, 0.25) is 5.88 Å². The maximum Gasteiger partial charge on any atom is 0.258 e. The smallest absolute Gasteiger partial charge is 0.258 e. The van der Waals surface area contributed by atoms with Gasteiger partial charge in [0.15, 0.2) is 0 Å². The standard InChI is InChI=1S/C21H21N7O2/c1-14-3-4-17(30-20-15(2)16(11-22)5-8-24-20)13-27(14)21(29)18-12-23-7-6-19(18)28-25-9-10-26-28/h5-10,12,14,17H,3-4,13H2,1-2H3/t14-,17-/m1/s1. The lowest BCUT2D eigenvalue weighted by molar-refractivity contribution is 0.0370. The highest BCUT2D eigenvalue weighted by Crippen LogP contribution is 2.26. The summed E-state index contributed by atoms with van der Waals surface area (Å²) in [5.74, 6) is 0.287. The van der Waals surface area contributed by atoms with Crippen LogP contribution in [0.5, 0.6) is 5.88 Å². The van der Waals surface area contributed by atoms with E-state index >= 15 is 0 Å². The van der Waals surface area contributed by atoms with Crippen molar-refractivity contribution < 1.29 is 9.53 Å². The molecule has 30 heavy (non-hydrogen) atoms. The largest absolute Gasteiger partial charge is 0.472 e. The SMILES string of the molecule is Cc1c(C#N)ccnc1O[C@@H]1CC[C@@H](C)N(C(=O)c2cnccc2-n2nccn2)C1. The third-order valence-corrected chi connectivity index (χ3v) is 5.32. The monoisotopic (exact) mass is 403 g/mol. The van der Waals surface area contributed by atoms with Crippen molar-refractivity contribution in [1.29, 1.82) is 5.26 Å². The normalized spacial score (nSPS) is 18.6. The molecule has 1 fully saturated rings. The lowest BCUT2D eigenvalue weighted by Crippen LogP contribution is -2.49. The maximum atomic E-state index is 13.4. The molecule has 0 spiro atoms. The van der Waals surface area contributed by atoms with Gasteiger partial charge in [0.1, 0.15) is 11.8 Å². The molecular weight excluding hydrogens is 382 g/mol. The zero-order valence-electron chi connectivity index (χ0n) is 16.8. The first-order valence-corrected chi connectivity index (χ1v) is 9.72. The predicted molar refractivity (Wildman–Crippen MR) is 107 cm³/mol. The summed E-state index contributed by atoms with van der Waals surface area (Å²) in [5.41, 5.74) is 2.25. The summed E-state index contributed by atoms with van der Waals surface area (Å²) >= 11 is 0. The number of carbonyl (C=O) groups is 1. The van der Waals surface area contributed by atoms with Gasteiger partial charge in [0.05, 0.1) is 36.1 Å². The number of ether oxygens (including phenoxy) is 1. The van der Waals surface area contributed by atoms with E-state index in [0.29, 0.717) is 34.8 Å². The molecule has 0 unspecified atom stereocenters. The van der Waals surface area contributed by atoms with Crippen LogP contribution in [0.15, 0.2) is 43.1 Å². The van der Waals surface area contributed by atoms with Crippen LogP contribution in [0.2, 0.25) is 0 Å². The van der Waals surface area contributed by atoms with Crippen LogP contribution >= 0.6 is 0 Å². The second-order valence-corrected chi connectivity index (χ2v) is 7.24. The highest BCUT2D eigenvalue weighted by Gasteiger charge is 2.32. The zero-order valence-corrected chi connectivity index (χ0v) is 16.8. The van der Waals surface area contributed by atoms with E-state index in [9.17, 15) is 10.1 Å². The Bertz CT molecular complexity index is 1090. The summed E-state index contributed by atoms with van der Waals surface area (Å²) in [6.07, 6.45) is 9.21. The Morgan fingerprint density at radius 1 is 1.20 bits per heavy atom. The average molecular weight is 403 g/mol. The van der Waals surface area contributed by atoms with Crippen LogP contribution in [0.3, 0.4) is 0 Å². The minimum Gasteiger partial charge on any atom is -0.472 e. The molecule has 152 valence electrons. The van der Waals surface area contributed by atoms with E-state index in [0.717, 1.165) is 12.8 Å². The second kappa shape index (κ2) is 8.29. The molecule has 1 amide bonds. The molecule has 0 aliphatic carbocycles. The van der Waals surface area contributed by atoms with E-state index in [2.05, 4.69) is 26.2 Å². The predicted octanol–water partition coefficient (Wildman–Crippen LogP) is 2.31. The Hall–Kier alpha value is -3.80. The molecule has 3 aromatic rings. The van der Waals surface area contributed by atoms with Gasteiger partial charge in [-0.2, -0.15) is 20.3 Å². The topological polar surface area (TPSA) is 110 Å². The molecule has 9 heteroatoms. The summed E-state index contributed by atoms with van der Waals surface area (Å²) in [7, 11) is 0. The van der Waals surface area contributed by atoms with E-state index in [-0.39, 0.29) is 18.1 Å². The van der Waals surface area contributed by atoms with Crippen molar-refractivity contribution in [2.75, 3.05) is 6.54 Å². The number of amides is 1. The number of nitrogens with zero attached hydrogens (tertiary/aromatic N) is 7. The number of hydrogen-bond acceptors (Lipinski definition) is 7. The van der Waals surface area contributed by atoms with Gasteiger partial charge < -0.3 is 9.64 Å². The molecular formula is C21H21N7O2. The molecule has 4 heterocycles. The summed E-state index contributed by atoms with van der Waals surface area (Å²) in [5, 5.41) is 17.5. The Labute approximate surface area is 173 Å². The minimum absolute atomic E-state index is 0.0514. The number of pyridine rings is 2. The van der Waals surface area contributed by atoms with E-state index in [1.165, 1.54) is 4.80 Å². The van der Waals surface area contributed by atoms with Gasteiger partial charge in [-0.15, -0.1) is 0 Å². The maximum absolute atomic E-state index is 13.4. The van der Waals surface area contributed by atoms with Gasteiger partial charge in [0.25, 0.3) is 5.91 Å². The van der Waals surface area contributed by atoms with Crippen molar-refractivity contribution in [3.8, 4) is 17.6 Å². The van der Waals surface area contributed by atoms with Gasteiger partial charge in [-0.1, -0.05) is 0 Å². The van der Waals surface area contributed by atoms with E-state index in [1.807, 2.05) is 13.8 Å². The molecule has 4 rings (SSSR count). The number of carbonyl (C=O) groups excluding carboxylic acids is 1. The van der Waals surface area contributed by atoms with Crippen LogP contribution in [0, 0.1) is 18.3 Å². The number of likely N-dealkylation sites (tertiary alicyclic amines) is 1. The first-order chi connectivity index (χ1) is 14.6. The zero-order chi connectivity index (χ0) is 21.1. The number of piperidine rings is 1. The molecule has 0 N–H and O–H groups in total. The molecule has 0 radical (unpaired) electrons. The Balaban J connectivity index is 1.57. The Morgan fingerprint density at radius 3 is 2.77 bits per heavy atom. The lowest BCUT2D eigenvalue weighted by atomic mass is 10.00. The van der Waals surface area contributed by atoms with Crippen molar-refractivity contribution in [3.05, 3.63) is 59.8 Å². The summed E-state index contributed by atoms with van der Waals surface area (Å²) in [6, 6.07) is 5.57. The van der Waals surface area contributed by atoms with Gasteiger partial charge in [-0.25, -0.2) is 4.98 Å². The first-order valence-electron chi connectivity index (χ1n) is 9.72. The number of nitriles is 1. The molecule has 9 nitrogen and oxygen atoms in total. The molecule has 3 aromatic heterocycles. The highest BCUT2D eigenvalue weighted by molar-refractivity contribution is 5.97. The van der Waals surface area contributed by atoms with Crippen LogP contribution in [0.25, 0.3) is 5.69 Å². The van der Waals surface area contributed by atoms with Crippen LogP contribution in [0.4, 0.5) is 0 Å². The molecule has 1 aliphatic heterocycles. The van der Waals surface area contributed by atoms with Crippen molar-refractivity contribution >= 4 is 5.91 Å². The quantitative estimate of drug-likeness (QED) is 0.657. The fourth-order valence-corrected chi connectivity index (χ4v) is 3.59. The fraction of sp³-hybridized carbons (Fsp3) is 0.333. The van der Waals surface area contributed by atoms with Crippen molar-refractivity contribution in [3.63, 3.8) is 0 Å². The summed E-state index contributed by atoms with van der Waals surface area (Å²) < 4.78 is 6.09. The van der Waals surface area contributed by atoms with Gasteiger partial charge in [-0.05, 0) is 38.8 Å². The average Bonchev–Trinajstić information content (AvgIpc) is 3.31. The van der Waals surface area contributed by atoms with Crippen molar-refractivity contribution in [1.82, 2.24) is 29.9 Å². The Morgan fingerprint density at radius 2 is 2.00 bits per heavy atom.